The molecule has 0 aliphatic heterocycles. The third kappa shape index (κ3) is 6.16. The van der Waals surface area contributed by atoms with Crippen LogP contribution in [0, 0.1) is 0 Å². The van der Waals surface area contributed by atoms with Crippen LogP contribution in [0.2, 0.25) is 0 Å². The minimum Gasteiger partial charge on any atom is -0.370 e. The zero-order valence-electron chi connectivity index (χ0n) is 14.2. The molecule has 2 aromatic carbocycles. The zero-order valence-corrected chi connectivity index (χ0v) is 15.1. The number of hydrogen-bond acceptors (Lipinski definition) is 2. The van der Waals surface area contributed by atoms with E-state index in [9.17, 15) is 4.21 Å². The summed E-state index contributed by atoms with van der Waals surface area (Å²) in [5, 5.41) is 3.09. The Kier molecular flexibility index (Phi) is 7.00. The Morgan fingerprint density at radius 3 is 2.62 bits per heavy atom. The summed E-state index contributed by atoms with van der Waals surface area (Å²) >= 11 is 0. The lowest BCUT2D eigenvalue weighted by atomic mass is 10.0. The third-order valence-electron chi connectivity index (χ3n) is 3.60. The third-order valence-corrected chi connectivity index (χ3v) is 4.89. The molecule has 0 bridgehead atoms. The molecule has 0 saturated carbocycles. The van der Waals surface area contributed by atoms with E-state index in [4.69, 9.17) is 5.73 Å². The molecule has 24 heavy (non-hydrogen) atoms. The van der Waals surface area contributed by atoms with Gasteiger partial charge in [0.15, 0.2) is 5.96 Å². The Hall–Kier alpha value is -2.14. The highest BCUT2D eigenvalue weighted by Gasteiger charge is 2.03. The minimum atomic E-state index is -0.934. The van der Waals surface area contributed by atoms with E-state index < -0.39 is 10.8 Å². The monoisotopic (exact) mass is 343 g/mol. The molecule has 0 saturated heterocycles. The predicted molar refractivity (Wildman–Crippen MR) is 104 cm³/mol. The van der Waals surface area contributed by atoms with Crippen LogP contribution >= 0.6 is 0 Å². The molecular weight excluding hydrogens is 318 g/mol. The van der Waals surface area contributed by atoms with Crippen molar-refractivity contribution in [1.29, 1.82) is 0 Å². The molecule has 2 aromatic rings. The molecule has 0 radical (unpaired) electrons. The molecule has 0 heterocycles. The van der Waals surface area contributed by atoms with Gasteiger partial charge in [0.1, 0.15) is 0 Å². The van der Waals surface area contributed by atoms with Gasteiger partial charge >= 0.3 is 0 Å². The van der Waals surface area contributed by atoms with Crippen molar-refractivity contribution in [2.24, 2.45) is 10.7 Å². The van der Waals surface area contributed by atoms with Crippen molar-refractivity contribution < 1.29 is 4.21 Å². The Morgan fingerprint density at radius 1 is 1.17 bits per heavy atom. The summed E-state index contributed by atoms with van der Waals surface area (Å²) in [5.74, 6) is 1.88. The highest BCUT2D eigenvalue weighted by atomic mass is 32.2. The van der Waals surface area contributed by atoms with Gasteiger partial charge in [0.25, 0.3) is 0 Å². The number of anilines is 1. The number of aliphatic imine (C=N–C) groups is 1. The summed E-state index contributed by atoms with van der Waals surface area (Å²) < 4.78 is 12.1. The van der Waals surface area contributed by atoms with Crippen molar-refractivity contribution >= 4 is 22.4 Å². The first-order chi connectivity index (χ1) is 11.5. The van der Waals surface area contributed by atoms with Crippen LogP contribution in [0.1, 0.15) is 30.9 Å². The summed E-state index contributed by atoms with van der Waals surface area (Å²) in [6.07, 6.45) is 0. The minimum absolute atomic E-state index is 0.354. The van der Waals surface area contributed by atoms with Gasteiger partial charge in [-0.25, -0.2) is 0 Å². The average Bonchev–Trinajstić information content (AvgIpc) is 2.56. The zero-order chi connectivity index (χ0) is 17.4. The van der Waals surface area contributed by atoms with Crippen molar-refractivity contribution in [3.8, 4) is 0 Å². The van der Waals surface area contributed by atoms with Crippen molar-refractivity contribution in [2.45, 2.75) is 25.5 Å². The Bertz CT molecular complexity index is 699. The van der Waals surface area contributed by atoms with Crippen molar-refractivity contribution in [1.82, 2.24) is 0 Å². The molecule has 3 N–H and O–H groups in total. The number of guanidine groups is 1. The normalized spacial score (nSPS) is 13.0. The molecule has 4 nitrogen and oxygen atoms in total. The number of nitrogens with two attached hydrogens (primary N) is 1. The van der Waals surface area contributed by atoms with Crippen LogP contribution in [-0.4, -0.2) is 22.5 Å². The summed E-state index contributed by atoms with van der Waals surface area (Å²) in [5.41, 5.74) is 9.16. The van der Waals surface area contributed by atoms with Gasteiger partial charge in [-0.2, -0.15) is 0 Å². The maximum absolute atomic E-state index is 12.1. The molecule has 0 fully saturated rings. The largest absolute Gasteiger partial charge is 0.370 e. The second-order valence-electron chi connectivity index (χ2n) is 5.95. The molecule has 1 unspecified atom stereocenters. The average molecular weight is 343 g/mol. The molecule has 0 aliphatic rings. The van der Waals surface area contributed by atoms with Crippen molar-refractivity contribution in [3.05, 3.63) is 65.7 Å². The molecule has 128 valence electrons. The van der Waals surface area contributed by atoms with E-state index in [1.165, 1.54) is 5.56 Å². The van der Waals surface area contributed by atoms with Crippen LogP contribution in [0.4, 0.5) is 5.69 Å². The Morgan fingerprint density at radius 2 is 1.92 bits per heavy atom. The summed E-state index contributed by atoms with van der Waals surface area (Å²) in [6, 6.07) is 18.0. The summed E-state index contributed by atoms with van der Waals surface area (Å²) in [4.78, 5) is 4.27. The van der Waals surface area contributed by atoms with Gasteiger partial charge in [0.2, 0.25) is 0 Å². The quantitative estimate of drug-likeness (QED) is 0.597. The first kappa shape index (κ1) is 18.2. The van der Waals surface area contributed by atoms with Gasteiger partial charge in [0.05, 0.1) is 6.54 Å². The fraction of sp³-hybridized carbons (Fsp3) is 0.316. The molecule has 0 aromatic heterocycles. The van der Waals surface area contributed by atoms with Gasteiger partial charge in [-0.15, -0.1) is 0 Å². The van der Waals surface area contributed by atoms with Crippen LogP contribution < -0.4 is 11.1 Å². The first-order valence-corrected chi connectivity index (χ1v) is 9.59. The number of benzene rings is 2. The maximum Gasteiger partial charge on any atom is 0.193 e. The predicted octanol–water partition coefficient (Wildman–Crippen LogP) is 3.49. The van der Waals surface area contributed by atoms with E-state index in [0.717, 1.165) is 11.3 Å². The van der Waals surface area contributed by atoms with Gasteiger partial charge < -0.3 is 11.1 Å². The van der Waals surface area contributed by atoms with Crippen LogP contribution in [-0.2, 0) is 16.6 Å². The molecule has 5 heteroatoms. The molecule has 0 amide bonds. The number of nitrogens with one attached hydrogen (secondary N) is 1. The highest BCUT2D eigenvalue weighted by molar-refractivity contribution is 7.84. The van der Waals surface area contributed by atoms with Crippen LogP contribution in [0.15, 0.2) is 59.6 Å². The fourth-order valence-corrected chi connectivity index (χ4v) is 3.27. The van der Waals surface area contributed by atoms with E-state index in [2.05, 4.69) is 36.3 Å². The van der Waals surface area contributed by atoms with Crippen LogP contribution in [0.3, 0.4) is 0 Å². The SMILES string of the molecule is CC(C)c1cccc(NC(N)=NCCS(=O)Cc2ccccc2)c1. The van der Waals surface area contributed by atoms with Crippen LogP contribution in [0.25, 0.3) is 0 Å². The van der Waals surface area contributed by atoms with Crippen molar-refractivity contribution in [3.63, 3.8) is 0 Å². The Balaban J connectivity index is 1.81. The number of nitrogens with zero attached hydrogens (tertiary/aromatic N) is 1. The second-order valence-corrected chi connectivity index (χ2v) is 7.52. The molecule has 0 spiro atoms. The van der Waals surface area contributed by atoms with E-state index >= 15 is 0 Å². The lowest BCUT2D eigenvalue weighted by molar-refractivity contribution is 0.682. The fourth-order valence-electron chi connectivity index (χ4n) is 2.26. The molecule has 0 aliphatic carbocycles. The smallest absolute Gasteiger partial charge is 0.193 e. The first-order valence-electron chi connectivity index (χ1n) is 8.10. The standard InChI is InChI=1S/C19H25N3OS/c1-15(2)17-9-6-10-18(13-17)22-19(20)21-11-12-24(23)14-16-7-4-3-5-8-16/h3-10,13,15H,11-12,14H2,1-2H3,(H3,20,21,22). The van der Waals surface area contributed by atoms with Gasteiger partial charge in [-0.05, 0) is 29.2 Å². The maximum atomic E-state index is 12.1. The summed E-state index contributed by atoms with van der Waals surface area (Å²) in [7, 11) is -0.934. The number of rotatable bonds is 7. The molecule has 1 atom stereocenters. The number of hydrogen-bond donors (Lipinski definition) is 2. The molecular formula is C19H25N3OS. The lowest BCUT2D eigenvalue weighted by Crippen LogP contribution is -2.23. The van der Waals surface area contributed by atoms with E-state index in [1.807, 2.05) is 42.5 Å². The van der Waals surface area contributed by atoms with Gasteiger partial charge in [-0.1, -0.05) is 56.3 Å². The topological polar surface area (TPSA) is 67.5 Å². The van der Waals surface area contributed by atoms with E-state index in [1.54, 1.807) is 0 Å². The van der Waals surface area contributed by atoms with Gasteiger partial charge in [-0.3, -0.25) is 9.20 Å². The van der Waals surface area contributed by atoms with Crippen molar-refractivity contribution in [2.75, 3.05) is 17.6 Å². The Labute approximate surface area is 146 Å². The lowest BCUT2D eigenvalue weighted by Gasteiger charge is -2.10. The van der Waals surface area contributed by atoms with Crippen LogP contribution in [0.5, 0.6) is 0 Å². The van der Waals surface area contributed by atoms with Gasteiger partial charge in [0, 0.05) is 28.0 Å². The second kappa shape index (κ2) is 9.23. The highest BCUT2D eigenvalue weighted by Crippen LogP contribution is 2.18. The van der Waals surface area contributed by atoms with E-state index in [0.29, 0.717) is 29.9 Å². The molecule has 2 rings (SSSR count). The van der Waals surface area contributed by atoms with E-state index in [-0.39, 0.29) is 0 Å². The summed E-state index contributed by atoms with van der Waals surface area (Å²) in [6.45, 7) is 4.75.